The number of amides is 1. The van der Waals surface area contributed by atoms with Crippen molar-refractivity contribution in [2.24, 2.45) is 5.92 Å². The summed E-state index contributed by atoms with van der Waals surface area (Å²) in [5, 5.41) is 3.22. The highest BCUT2D eigenvalue weighted by Gasteiger charge is 2.25. The quantitative estimate of drug-likeness (QED) is 0.647. The molecule has 0 bridgehead atoms. The summed E-state index contributed by atoms with van der Waals surface area (Å²) in [7, 11) is 0. The number of piperidine rings is 1. The van der Waals surface area contributed by atoms with E-state index in [1.54, 1.807) is 0 Å². The summed E-state index contributed by atoms with van der Waals surface area (Å²) in [5.74, 6) is -0.00822. The van der Waals surface area contributed by atoms with Crippen molar-refractivity contribution in [3.05, 3.63) is 46.1 Å². The normalized spacial score (nSPS) is 15.1. The predicted octanol–water partition coefficient (Wildman–Crippen LogP) is 5.07. The Kier molecular flexibility index (Phi) is 5.21. The monoisotopic (exact) mass is 416 g/mol. The zero-order valence-electron chi connectivity index (χ0n) is 16.6. The van der Waals surface area contributed by atoms with E-state index >= 15 is 0 Å². The molecule has 0 atom stereocenters. The molecular formula is C21H22F2N4OS. The number of fused-ring (bicyclic) bond motifs is 1. The highest BCUT2D eigenvalue weighted by atomic mass is 32.1. The molecule has 0 radical (unpaired) electrons. The molecule has 0 saturated carbocycles. The lowest BCUT2D eigenvalue weighted by Crippen LogP contribution is -2.33. The Bertz CT molecular complexity index is 1070. The van der Waals surface area contributed by atoms with Gasteiger partial charge in [-0.1, -0.05) is 13.0 Å². The number of halogens is 2. The molecule has 3 heterocycles. The lowest BCUT2D eigenvalue weighted by Gasteiger charge is -2.31. The van der Waals surface area contributed by atoms with E-state index in [1.165, 1.54) is 17.4 Å². The molecule has 1 aliphatic rings. The van der Waals surface area contributed by atoms with Gasteiger partial charge in [0.15, 0.2) is 0 Å². The second kappa shape index (κ2) is 7.67. The summed E-state index contributed by atoms with van der Waals surface area (Å²) in [5.41, 5.74) is 0.287. The SMILES string of the molecule is Cc1nc(N2CCC(C)CC2)c2c(C)c(C(=O)Nc3c(F)cccc3F)sc2n1. The van der Waals surface area contributed by atoms with E-state index in [4.69, 9.17) is 0 Å². The van der Waals surface area contributed by atoms with Crippen molar-refractivity contribution in [2.45, 2.75) is 33.6 Å². The summed E-state index contributed by atoms with van der Waals surface area (Å²) in [6.45, 7) is 7.73. The van der Waals surface area contributed by atoms with Crippen molar-refractivity contribution in [2.75, 3.05) is 23.3 Å². The number of nitrogens with one attached hydrogen (secondary N) is 1. The fourth-order valence-corrected chi connectivity index (χ4v) is 4.79. The third kappa shape index (κ3) is 3.69. The standard InChI is InChI=1S/C21H22F2N4OS/c1-11-7-9-27(10-8-11)19-16-12(2)18(29-21(16)25-13(3)24-19)20(28)26-17-14(22)5-4-6-15(17)23/h4-6,11H,7-10H2,1-3H3,(H,26,28). The highest BCUT2D eigenvalue weighted by molar-refractivity contribution is 7.20. The van der Waals surface area contributed by atoms with Crippen molar-refractivity contribution in [3.8, 4) is 0 Å². The summed E-state index contributed by atoms with van der Waals surface area (Å²) in [6, 6.07) is 3.48. The number of rotatable bonds is 3. The topological polar surface area (TPSA) is 58.1 Å². The molecule has 1 amide bonds. The maximum absolute atomic E-state index is 13.9. The van der Waals surface area contributed by atoms with Crippen molar-refractivity contribution >= 4 is 39.0 Å². The molecule has 5 nitrogen and oxygen atoms in total. The lowest BCUT2D eigenvalue weighted by atomic mass is 9.99. The molecule has 0 unspecified atom stereocenters. The molecule has 2 aromatic heterocycles. The van der Waals surface area contributed by atoms with Gasteiger partial charge in [-0.2, -0.15) is 0 Å². The van der Waals surface area contributed by atoms with Crippen LogP contribution >= 0.6 is 11.3 Å². The highest BCUT2D eigenvalue weighted by Crippen LogP contribution is 2.37. The molecule has 0 aliphatic carbocycles. The van der Waals surface area contributed by atoms with Crippen LogP contribution < -0.4 is 10.2 Å². The third-order valence-electron chi connectivity index (χ3n) is 5.37. The van der Waals surface area contributed by atoms with Crippen molar-refractivity contribution in [1.82, 2.24) is 9.97 Å². The van der Waals surface area contributed by atoms with Crippen LogP contribution in [0.3, 0.4) is 0 Å². The number of aromatic nitrogens is 2. The van der Waals surface area contributed by atoms with Crippen molar-refractivity contribution < 1.29 is 13.6 Å². The van der Waals surface area contributed by atoms with Gasteiger partial charge in [-0.05, 0) is 50.3 Å². The largest absolute Gasteiger partial charge is 0.356 e. The molecular weight excluding hydrogens is 394 g/mol. The number of thiophene rings is 1. The van der Waals surface area contributed by atoms with Crippen LogP contribution in [-0.4, -0.2) is 29.0 Å². The maximum atomic E-state index is 13.9. The van der Waals surface area contributed by atoms with Crippen LogP contribution in [0.4, 0.5) is 20.3 Å². The Morgan fingerprint density at radius 2 is 1.83 bits per heavy atom. The average molecular weight is 416 g/mol. The van der Waals surface area contributed by atoms with Crippen LogP contribution in [0.1, 0.15) is 40.8 Å². The zero-order valence-corrected chi connectivity index (χ0v) is 17.4. The van der Waals surface area contributed by atoms with E-state index in [-0.39, 0.29) is 0 Å². The van der Waals surface area contributed by atoms with Crippen LogP contribution in [-0.2, 0) is 0 Å². The number of hydrogen-bond acceptors (Lipinski definition) is 5. The number of hydrogen-bond donors (Lipinski definition) is 1. The summed E-state index contributed by atoms with van der Waals surface area (Å²) >= 11 is 1.22. The predicted molar refractivity (Wildman–Crippen MR) is 112 cm³/mol. The number of carbonyl (C=O) groups is 1. The van der Waals surface area contributed by atoms with E-state index < -0.39 is 23.2 Å². The molecule has 29 heavy (non-hydrogen) atoms. The Balaban J connectivity index is 1.74. The second-order valence-electron chi connectivity index (χ2n) is 7.55. The first-order valence-corrected chi connectivity index (χ1v) is 10.4. The molecule has 1 saturated heterocycles. The van der Waals surface area contributed by atoms with E-state index in [9.17, 15) is 13.6 Å². The van der Waals surface area contributed by atoms with Crippen LogP contribution in [0.2, 0.25) is 0 Å². The molecule has 1 N–H and O–H groups in total. The fraction of sp³-hybridized carbons (Fsp3) is 0.381. The number of benzene rings is 1. The lowest BCUT2D eigenvalue weighted by molar-refractivity contribution is 0.102. The van der Waals surface area contributed by atoms with Gasteiger partial charge in [-0.3, -0.25) is 4.79 Å². The van der Waals surface area contributed by atoms with Crippen LogP contribution in [0.5, 0.6) is 0 Å². The first kappa shape index (κ1) is 19.7. The van der Waals surface area contributed by atoms with Crippen LogP contribution in [0.15, 0.2) is 18.2 Å². The first-order valence-electron chi connectivity index (χ1n) is 9.63. The minimum atomic E-state index is -0.809. The zero-order chi connectivity index (χ0) is 20.7. The first-order chi connectivity index (χ1) is 13.8. The number of nitrogens with zero attached hydrogens (tertiary/aromatic N) is 3. The van der Waals surface area contributed by atoms with E-state index in [0.29, 0.717) is 21.4 Å². The molecule has 1 aromatic carbocycles. The molecule has 8 heteroatoms. The van der Waals surface area contributed by atoms with Gasteiger partial charge in [0.2, 0.25) is 0 Å². The Hall–Kier alpha value is -2.61. The average Bonchev–Trinajstić information content (AvgIpc) is 3.01. The van der Waals surface area contributed by atoms with Gasteiger partial charge in [-0.15, -0.1) is 11.3 Å². The second-order valence-corrected chi connectivity index (χ2v) is 8.55. The van der Waals surface area contributed by atoms with Crippen molar-refractivity contribution in [3.63, 3.8) is 0 Å². The number of aryl methyl sites for hydroxylation is 2. The summed E-state index contributed by atoms with van der Waals surface area (Å²) in [4.78, 5) is 25.3. The Morgan fingerprint density at radius 1 is 1.17 bits per heavy atom. The Morgan fingerprint density at radius 3 is 2.48 bits per heavy atom. The minimum Gasteiger partial charge on any atom is -0.356 e. The molecule has 1 aliphatic heterocycles. The van der Waals surface area contributed by atoms with Gasteiger partial charge in [0.05, 0.1) is 10.3 Å². The Labute approximate surface area is 171 Å². The smallest absolute Gasteiger partial charge is 0.266 e. The molecule has 1 fully saturated rings. The van der Waals surface area contributed by atoms with Gasteiger partial charge < -0.3 is 10.2 Å². The van der Waals surface area contributed by atoms with E-state index in [1.807, 2.05) is 13.8 Å². The summed E-state index contributed by atoms with van der Waals surface area (Å²) < 4.78 is 27.9. The van der Waals surface area contributed by atoms with Crippen molar-refractivity contribution in [1.29, 1.82) is 0 Å². The van der Waals surface area contributed by atoms with Gasteiger partial charge in [-0.25, -0.2) is 18.7 Å². The number of carbonyl (C=O) groups excluding carboxylic acids is 1. The van der Waals surface area contributed by atoms with Crippen LogP contribution in [0.25, 0.3) is 10.2 Å². The van der Waals surface area contributed by atoms with E-state index in [2.05, 4.69) is 27.1 Å². The van der Waals surface area contributed by atoms with Gasteiger partial charge >= 0.3 is 0 Å². The molecule has 4 rings (SSSR count). The minimum absolute atomic E-state index is 0.384. The summed E-state index contributed by atoms with van der Waals surface area (Å²) in [6.07, 6.45) is 2.18. The maximum Gasteiger partial charge on any atom is 0.266 e. The van der Waals surface area contributed by atoms with E-state index in [0.717, 1.165) is 54.8 Å². The van der Waals surface area contributed by atoms with Gasteiger partial charge in [0.25, 0.3) is 5.91 Å². The third-order valence-corrected chi connectivity index (χ3v) is 6.56. The fourth-order valence-electron chi connectivity index (χ4n) is 3.67. The number of anilines is 2. The van der Waals surface area contributed by atoms with Crippen LogP contribution in [0, 0.1) is 31.4 Å². The molecule has 152 valence electrons. The molecule has 0 spiro atoms. The number of para-hydroxylation sites is 1. The molecule has 3 aromatic rings. The van der Waals surface area contributed by atoms with Gasteiger partial charge in [0, 0.05) is 13.1 Å². The van der Waals surface area contributed by atoms with Gasteiger partial charge in [0.1, 0.15) is 33.8 Å².